The van der Waals surface area contributed by atoms with Crippen LogP contribution in [0.2, 0.25) is 0 Å². The fourth-order valence-corrected chi connectivity index (χ4v) is 3.66. The fourth-order valence-electron chi connectivity index (χ4n) is 3.66. The molecule has 5 aromatic rings. The number of aliphatic hydroxyl groups excluding tert-OH is 1. The summed E-state index contributed by atoms with van der Waals surface area (Å²) >= 11 is 0. The van der Waals surface area contributed by atoms with Gasteiger partial charge in [0.05, 0.1) is 42.4 Å². The highest BCUT2D eigenvalue weighted by Gasteiger charge is 2.19. The quantitative estimate of drug-likeness (QED) is 0.487. The summed E-state index contributed by atoms with van der Waals surface area (Å²) in [4.78, 5) is 8.66. The first kappa shape index (κ1) is 18.4. The lowest BCUT2D eigenvalue weighted by Crippen LogP contribution is -2.06. The predicted molar refractivity (Wildman–Crippen MR) is 111 cm³/mol. The maximum absolute atomic E-state index is 14.9. The van der Waals surface area contributed by atoms with Gasteiger partial charge >= 0.3 is 0 Å². The Morgan fingerprint density at radius 1 is 1.13 bits per heavy atom. The summed E-state index contributed by atoms with van der Waals surface area (Å²) in [5, 5.41) is 18.9. The number of halogens is 1. The summed E-state index contributed by atoms with van der Waals surface area (Å²) in [5.74, 6) is -0.561. The highest BCUT2D eigenvalue weighted by molar-refractivity contribution is 5.79. The second-order valence-corrected chi connectivity index (χ2v) is 7.18. The zero-order valence-corrected chi connectivity index (χ0v) is 16.3. The van der Waals surface area contributed by atoms with Crippen molar-refractivity contribution in [1.82, 2.24) is 29.4 Å². The smallest absolute Gasteiger partial charge is 0.153 e. The van der Waals surface area contributed by atoms with E-state index in [2.05, 4.69) is 15.1 Å². The average Bonchev–Trinajstić information content (AvgIpc) is 3.39. The van der Waals surface area contributed by atoms with Gasteiger partial charge in [-0.25, -0.2) is 13.9 Å². The minimum absolute atomic E-state index is 0.0175. The van der Waals surface area contributed by atoms with E-state index in [4.69, 9.17) is 10.2 Å². The summed E-state index contributed by atoms with van der Waals surface area (Å²) in [6.07, 6.45) is 6.93. The molecule has 0 saturated carbocycles. The third kappa shape index (κ3) is 3.11. The molecular formula is C22H19FN6O. The van der Waals surface area contributed by atoms with E-state index in [0.29, 0.717) is 23.3 Å². The number of aromatic nitrogens is 6. The molecule has 5 rings (SSSR count). The highest BCUT2D eigenvalue weighted by atomic mass is 19.1. The number of hydrogen-bond donors (Lipinski definition) is 1. The van der Waals surface area contributed by atoms with Gasteiger partial charge in [-0.05, 0) is 29.8 Å². The van der Waals surface area contributed by atoms with E-state index >= 15 is 0 Å². The lowest BCUT2D eigenvalue weighted by atomic mass is 9.96. The zero-order chi connectivity index (χ0) is 20.7. The zero-order valence-electron chi connectivity index (χ0n) is 16.3. The van der Waals surface area contributed by atoms with E-state index in [-0.39, 0.29) is 18.3 Å². The van der Waals surface area contributed by atoms with Gasteiger partial charge in [0.25, 0.3) is 0 Å². The van der Waals surface area contributed by atoms with Crippen LogP contribution in [-0.2, 0) is 6.54 Å². The summed E-state index contributed by atoms with van der Waals surface area (Å²) in [6, 6.07) is 10.8. The van der Waals surface area contributed by atoms with E-state index < -0.39 is 0 Å². The monoisotopic (exact) mass is 402 g/mol. The van der Waals surface area contributed by atoms with Crippen LogP contribution in [0, 0.1) is 5.82 Å². The van der Waals surface area contributed by atoms with Crippen molar-refractivity contribution in [2.75, 3.05) is 6.61 Å². The molecule has 4 heterocycles. The molecule has 0 fully saturated rings. The second-order valence-electron chi connectivity index (χ2n) is 7.18. The van der Waals surface area contributed by atoms with Crippen LogP contribution in [0.15, 0.2) is 61.2 Å². The van der Waals surface area contributed by atoms with Crippen LogP contribution >= 0.6 is 0 Å². The summed E-state index contributed by atoms with van der Waals surface area (Å²) in [6.45, 7) is 2.38. The largest absolute Gasteiger partial charge is 0.394 e. The minimum atomic E-state index is -0.301. The molecule has 0 aliphatic heterocycles. The van der Waals surface area contributed by atoms with Crippen molar-refractivity contribution in [3.63, 3.8) is 0 Å². The molecule has 7 nitrogen and oxygen atoms in total. The Morgan fingerprint density at radius 3 is 2.90 bits per heavy atom. The number of benzene rings is 1. The molecule has 0 amide bonds. The Labute approximate surface area is 171 Å². The topological polar surface area (TPSA) is 81.1 Å². The third-order valence-corrected chi connectivity index (χ3v) is 5.28. The Kier molecular flexibility index (Phi) is 4.48. The van der Waals surface area contributed by atoms with Gasteiger partial charge in [0, 0.05) is 35.3 Å². The Morgan fingerprint density at radius 2 is 2.03 bits per heavy atom. The summed E-state index contributed by atoms with van der Waals surface area (Å²) in [5.41, 5.74) is 4.23. The van der Waals surface area contributed by atoms with Crippen molar-refractivity contribution < 1.29 is 9.50 Å². The van der Waals surface area contributed by atoms with Crippen molar-refractivity contribution in [2.24, 2.45) is 0 Å². The van der Waals surface area contributed by atoms with E-state index in [1.54, 1.807) is 27.8 Å². The molecule has 150 valence electrons. The van der Waals surface area contributed by atoms with Gasteiger partial charge in [0.15, 0.2) is 5.65 Å². The summed E-state index contributed by atoms with van der Waals surface area (Å²) in [7, 11) is 0. The molecule has 1 aromatic carbocycles. The van der Waals surface area contributed by atoms with Crippen LogP contribution < -0.4 is 0 Å². The number of pyridine rings is 1. The lowest BCUT2D eigenvalue weighted by molar-refractivity contribution is 0.269. The Balaban J connectivity index is 1.58. The molecule has 1 N–H and O–H groups in total. The molecule has 1 atom stereocenters. The fraction of sp³-hybridized carbons (Fsp3) is 0.182. The SMILES string of the molecule is C[C@@H](c1cc2cccnc2cc1F)c1cnc2ccc(-c3cnn(CCO)c3)nn12. The van der Waals surface area contributed by atoms with E-state index in [9.17, 15) is 4.39 Å². The number of fused-ring (bicyclic) bond motifs is 2. The predicted octanol–water partition coefficient (Wildman–Crippen LogP) is 3.42. The van der Waals surface area contributed by atoms with Crippen LogP contribution in [0.4, 0.5) is 4.39 Å². The molecule has 0 spiro atoms. The first-order valence-electron chi connectivity index (χ1n) is 9.66. The van der Waals surface area contributed by atoms with Crippen LogP contribution in [-0.4, -0.2) is 41.1 Å². The molecule has 0 saturated heterocycles. The third-order valence-electron chi connectivity index (χ3n) is 5.28. The number of rotatable bonds is 5. The minimum Gasteiger partial charge on any atom is -0.394 e. The number of aliphatic hydroxyl groups is 1. The van der Waals surface area contributed by atoms with Gasteiger partial charge in [-0.15, -0.1) is 0 Å². The van der Waals surface area contributed by atoms with Gasteiger partial charge in [0.1, 0.15) is 5.82 Å². The van der Waals surface area contributed by atoms with Gasteiger partial charge in [-0.2, -0.15) is 10.2 Å². The van der Waals surface area contributed by atoms with E-state index in [0.717, 1.165) is 22.3 Å². The molecule has 8 heteroatoms. The van der Waals surface area contributed by atoms with Crippen LogP contribution in [0.3, 0.4) is 0 Å². The molecule has 4 aromatic heterocycles. The van der Waals surface area contributed by atoms with E-state index in [1.165, 1.54) is 6.07 Å². The molecule has 0 bridgehead atoms. The maximum Gasteiger partial charge on any atom is 0.153 e. The van der Waals surface area contributed by atoms with Gasteiger partial charge in [-0.1, -0.05) is 13.0 Å². The summed E-state index contributed by atoms with van der Waals surface area (Å²) < 4.78 is 18.3. The van der Waals surface area contributed by atoms with Crippen LogP contribution in [0.1, 0.15) is 24.1 Å². The molecule has 0 aliphatic carbocycles. The number of imidazole rings is 1. The van der Waals surface area contributed by atoms with Crippen molar-refractivity contribution in [3.8, 4) is 11.3 Å². The first-order chi connectivity index (χ1) is 14.6. The van der Waals surface area contributed by atoms with Gasteiger partial charge < -0.3 is 5.11 Å². The lowest BCUT2D eigenvalue weighted by Gasteiger charge is -2.13. The van der Waals surface area contributed by atoms with Crippen molar-refractivity contribution in [3.05, 3.63) is 78.3 Å². The van der Waals surface area contributed by atoms with Crippen molar-refractivity contribution in [2.45, 2.75) is 19.4 Å². The van der Waals surface area contributed by atoms with Crippen molar-refractivity contribution >= 4 is 16.6 Å². The average molecular weight is 402 g/mol. The Bertz CT molecular complexity index is 1360. The second kappa shape index (κ2) is 7.31. The Hall–Kier alpha value is -3.65. The number of hydrogen-bond acceptors (Lipinski definition) is 5. The molecular weight excluding hydrogens is 383 g/mol. The van der Waals surface area contributed by atoms with Crippen LogP contribution in [0.5, 0.6) is 0 Å². The first-order valence-corrected chi connectivity index (χ1v) is 9.66. The molecule has 30 heavy (non-hydrogen) atoms. The van der Waals surface area contributed by atoms with Gasteiger partial charge in [0.2, 0.25) is 0 Å². The highest BCUT2D eigenvalue weighted by Crippen LogP contribution is 2.30. The van der Waals surface area contributed by atoms with Crippen LogP contribution in [0.25, 0.3) is 27.8 Å². The van der Waals surface area contributed by atoms with E-state index in [1.807, 2.05) is 43.5 Å². The maximum atomic E-state index is 14.9. The molecule has 0 aliphatic rings. The number of nitrogens with zero attached hydrogens (tertiary/aromatic N) is 6. The van der Waals surface area contributed by atoms with Crippen molar-refractivity contribution in [1.29, 1.82) is 0 Å². The normalized spacial score (nSPS) is 12.6. The van der Waals surface area contributed by atoms with Gasteiger partial charge in [-0.3, -0.25) is 9.67 Å². The molecule has 0 unspecified atom stereocenters. The molecule has 0 radical (unpaired) electrons. The standard InChI is InChI=1S/C22H19FN6O/c1-14(17-9-15-3-2-6-24-20(15)10-18(17)23)21-12-25-22-5-4-19(27-29(21)22)16-11-26-28(13-16)7-8-30/h2-6,9-14,30H,7-8H2,1H3/t14-/m0/s1.